The Morgan fingerprint density at radius 2 is 1.09 bits per heavy atom. The van der Waals surface area contributed by atoms with Crippen molar-refractivity contribution in [1.82, 2.24) is 0 Å². The third-order valence-electron chi connectivity index (χ3n) is 8.74. The molecule has 0 unspecified atom stereocenters. The molecule has 9 rings (SSSR count). The molecule has 0 aliphatic carbocycles. The van der Waals surface area contributed by atoms with Crippen LogP contribution >= 0.6 is 22.9 Å². The summed E-state index contributed by atoms with van der Waals surface area (Å²) in [4.78, 5) is 2.33. The Morgan fingerprint density at radius 3 is 1.89 bits per heavy atom. The standard InChI is InChI=1S/C42H26ClNOS/c43-37-15-9-17-40-42(37)35-23-20-31(26-41(35)46-40)44(30-19-22-34-33-14-7-8-16-38(33)45-39(34)25-30)29-18-21-32(27-10-3-1-4-11-27)36(24-29)28-12-5-2-6-13-28/h1-26H. The third kappa shape index (κ3) is 4.47. The highest BCUT2D eigenvalue weighted by Crippen LogP contribution is 2.45. The van der Waals surface area contributed by atoms with Crippen molar-refractivity contribution in [1.29, 1.82) is 0 Å². The number of fused-ring (bicyclic) bond motifs is 6. The molecular weight excluding hydrogens is 602 g/mol. The molecule has 0 spiro atoms. The molecule has 0 saturated carbocycles. The fourth-order valence-electron chi connectivity index (χ4n) is 6.61. The van der Waals surface area contributed by atoms with Crippen LogP contribution in [0.15, 0.2) is 162 Å². The lowest BCUT2D eigenvalue weighted by molar-refractivity contribution is 0.669. The number of benzene rings is 7. The van der Waals surface area contributed by atoms with E-state index in [2.05, 4.69) is 138 Å². The minimum atomic E-state index is 0.785. The first-order valence-electron chi connectivity index (χ1n) is 15.3. The Kier molecular flexibility index (Phi) is 6.41. The zero-order valence-corrected chi connectivity index (χ0v) is 26.2. The van der Waals surface area contributed by atoms with E-state index in [1.807, 2.05) is 24.3 Å². The number of hydrogen-bond donors (Lipinski definition) is 0. The van der Waals surface area contributed by atoms with Crippen LogP contribution in [-0.2, 0) is 0 Å². The SMILES string of the molecule is Clc1cccc2sc3cc(N(c4ccc(-c5ccccc5)c(-c5ccccc5)c4)c4ccc5c(c4)oc4ccccc45)ccc3c12. The summed E-state index contributed by atoms with van der Waals surface area (Å²) in [7, 11) is 0. The fourth-order valence-corrected chi connectivity index (χ4v) is 8.11. The highest BCUT2D eigenvalue weighted by molar-refractivity contribution is 7.26. The minimum absolute atomic E-state index is 0.785. The lowest BCUT2D eigenvalue weighted by Gasteiger charge is -2.27. The van der Waals surface area contributed by atoms with Crippen LogP contribution in [0.1, 0.15) is 0 Å². The summed E-state index contributed by atoms with van der Waals surface area (Å²) in [5, 5.41) is 5.31. The Bertz CT molecular complexity index is 2550. The number of anilines is 3. The molecule has 0 atom stereocenters. The van der Waals surface area contributed by atoms with Gasteiger partial charge in [0.15, 0.2) is 0 Å². The Hall–Kier alpha value is -5.35. The molecule has 0 aliphatic heterocycles. The Morgan fingerprint density at radius 1 is 0.457 bits per heavy atom. The zero-order valence-electron chi connectivity index (χ0n) is 24.7. The smallest absolute Gasteiger partial charge is 0.137 e. The number of thiophene rings is 1. The van der Waals surface area contributed by atoms with Gasteiger partial charge < -0.3 is 9.32 Å². The van der Waals surface area contributed by atoms with Crippen molar-refractivity contribution in [2.24, 2.45) is 0 Å². The van der Waals surface area contributed by atoms with Crippen LogP contribution in [-0.4, -0.2) is 0 Å². The van der Waals surface area contributed by atoms with Crippen molar-refractivity contribution in [3.8, 4) is 22.3 Å². The van der Waals surface area contributed by atoms with E-state index in [9.17, 15) is 0 Å². The molecule has 2 nitrogen and oxygen atoms in total. The first-order chi connectivity index (χ1) is 22.7. The highest BCUT2D eigenvalue weighted by Gasteiger charge is 2.19. The number of rotatable bonds is 5. The number of hydrogen-bond acceptors (Lipinski definition) is 3. The molecule has 0 fully saturated rings. The highest BCUT2D eigenvalue weighted by atomic mass is 35.5. The van der Waals surface area contributed by atoms with Gasteiger partial charge >= 0.3 is 0 Å². The first kappa shape index (κ1) is 27.0. The molecule has 218 valence electrons. The van der Waals surface area contributed by atoms with E-state index in [0.29, 0.717) is 0 Å². The molecule has 2 aromatic heterocycles. The largest absolute Gasteiger partial charge is 0.456 e. The van der Waals surface area contributed by atoms with Gasteiger partial charge in [0, 0.05) is 59.1 Å². The molecule has 4 heteroatoms. The average molecular weight is 628 g/mol. The quantitative estimate of drug-likeness (QED) is 0.189. The maximum Gasteiger partial charge on any atom is 0.137 e. The summed E-state index contributed by atoms with van der Waals surface area (Å²) < 4.78 is 8.75. The summed E-state index contributed by atoms with van der Waals surface area (Å²) in [5.41, 5.74) is 9.64. The van der Waals surface area contributed by atoms with Crippen molar-refractivity contribution >= 4 is 82.1 Å². The molecule has 46 heavy (non-hydrogen) atoms. The maximum atomic E-state index is 6.69. The van der Waals surface area contributed by atoms with Gasteiger partial charge in [-0.05, 0) is 76.9 Å². The number of para-hydroxylation sites is 1. The molecule has 0 N–H and O–H groups in total. The van der Waals surface area contributed by atoms with Gasteiger partial charge in [0.05, 0.1) is 0 Å². The molecule has 0 amide bonds. The molecule has 9 aromatic rings. The monoisotopic (exact) mass is 627 g/mol. The van der Waals surface area contributed by atoms with Crippen molar-refractivity contribution in [3.63, 3.8) is 0 Å². The summed E-state index contributed by atoms with van der Waals surface area (Å²) in [6.07, 6.45) is 0. The maximum absolute atomic E-state index is 6.69. The lowest BCUT2D eigenvalue weighted by atomic mass is 9.93. The van der Waals surface area contributed by atoms with Crippen molar-refractivity contribution in [2.75, 3.05) is 4.90 Å². The van der Waals surface area contributed by atoms with Crippen LogP contribution in [0.4, 0.5) is 17.1 Å². The number of nitrogens with zero attached hydrogens (tertiary/aromatic N) is 1. The van der Waals surface area contributed by atoms with Gasteiger partial charge in [-0.3, -0.25) is 0 Å². The van der Waals surface area contributed by atoms with Crippen LogP contribution in [0.25, 0.3) is 64.4 Å². The normalized spacial score (nSPS) is 11.6. The van der Waals surface area contributed by atoms with Gasteiger partial charge in [-0.25, -0.2) is 0 Å². The second kappa shape index (κ2) is 10.9. The Balaban J connectivity index is 1.29. The predicted molar refractivity (Wildman–Crippen MR) is 197 cm³/mol. The van der Waals surface area contributed by atoms with Gasteiger partial charge in [0.1, 0.15) is 11.2 Å². The molecule has 2 heterocycles. The van der Waals surface area contributed by atoms with E-state index in [1.165, 1.54) is 37.0 Å². The first-order valence-corrected chi connectivity index (χ1v) is 16.5. The minimum Gasteiger partial charge on any atom is -0.456 e. The summed E-state index contributed by atoms with van der Waals surface area (Å²) in [5.74, 6) is 0. The Labute approximate surface area is 275 Å². The van der Waals surface area contributed by atoms with Crippen molar-refractivity contribution < 1.29 is 4.42 Å². The number of halogens is 1. The van der Waals surface area contributed by atoms with E-state index < -0.39 is 0 Å². The summed E-state index contributed by atoms with van der Waals surface area (Å²) >= 11 is 8.46. The van der Waals surface area contributed by atoms with Crippen molar-refractivity contribution in [2.45, 2.75) is 0 Å². The molecule has 7 aromatic carbocycles. The lowest BCUT2D eigenvalue weighted by Crippen LogP contribution is -2.10. The molecule has 0 bridgehead atoms. The van der Waals surface area contributed by atoms with Crippen LogP contribution in [0.5, 0.6) is 0 Å². The van der Waals surface area contributed by atoms with Crippen LogP contribution < -0.4 is 4.90 Å². The summed E-state index contributed by atoms with van der Waals surface area (Å²) in [6, 6.07) is 55.6. The van der Waals surface area contributed by atoms with Gasteiger partial charge in [-0.1, -0.05) is 109 Å². The average Bonchev–Trinajstić information content (AvgIpc) is 3.67. The topological polar surface area (TPSA) is 16.4 Å². The second-order valence-corrected chi connectivity index (χ2v) is 13.0. The summed E-state index contributed by atoms with van der Waals surface area (Å²) in [6.45, 7) is 0. The fraction of sp³-hybridized carbons (Fsp3) is 0. The van der Waals surface area contributed by atoms with E-state index in [1.54, 1.807) is 11.3 Å². The van der Waals surface area contributed by atoms with Crippen LogP contribution in [0, 0.1) is 0 Å². The third-order valence-corrected chi connectivity index (χ3v) is 10.2. The van der Waals surface area contributed by atoms with Crippen LogP contribution in [0.2, 0.25) is 5.02 Å². The van der Waals surface area contributed by atoms with E-state index in [4.69, 9.17) is 16.0 Å². The molecular formula is C42H26ClNOS. The van der Waals surface area contributed by atoms with E-state index >= 15 is 0 Å². The molecule has 0 aliphatic rings. The van der Waals surface area contributed by atoms with Gasteiger partial charge in [-0.2, -0.15) is 0 Å². The molecule has 0 saturated heterocycles. The van der Waals surface area contributed by atoms with Crippen LogP contribution in [0.3, 0.4) is 0 Å². The number of furan rings is 1. The van der Waals surface area contributed by atoms with Crippen molar-refractivity contribution in [3.05, 3.63) is 163 Å². The van der Waals surface area contributed by atoms with E-state index in [0.717, 1.165) is 49.4 Å². The van der Waals surface area contributed by atoms with Gasteiger partial charge in [0.25, 0.3) is 0 Å². The van der Waals surface area contributed by atoms with Gasteiger partial charge in [-0.15, -0.1) is 11.3 Å². The molecule has 0 radical (unpaired) electrons. The second-order valence-electron chi connectivity index (χ2n) is 11.5. The van der Waals surface area contributed by atoms with E-state index in [-0.39, 0.29) is 0 Å². The predicted octanol–water partition coefficient (Wildman–Crippen LogP) is 13.4. The van der Waals surface area contributed by atoms with Gasteiger partial charge in [0.2, 0.25) is 0 Å². The zero-order chi connectivity index (χ0) is 30.6.